The van der Waals surface area contributed by atoms with Gasteiger partial charge in [0.2, 0.25) is 0 Å². The Hall–Kier alpha value is -2.16. The Morgan fingerprint density at radius 2 is 1.74 bits per heavy atom. The first-order valence-corrected chi connectivity index (χ1v) is 6.28. The van der Waals surface area contributed by atoms with Crippen LogP contribution in [0, 0.1) is 0 Å². The standard InChI is InChI=1S/C16H16O3/c1-12(17)9-10-16(18)19-11-14-7-4-6-13-5-2-3-8-15(13)14/h2-8H,9-11H2,1H3. The van der Waals surface area contributed by atoms with Crippen molar-refractivity contribution in [1.29, 1.82) is 0 Å². The fourth-order valence-electron chi connectivity index (χ4n) is 1.93. The van der Waals surface area contributed by atoms with Crippen molar-refractivity contribution >= 4 is 22.5 Å². The largest absolute Gasteiger partial charge is 0.461 e. The highest BCUT2D eigenvalue weighted by Gasteiger charge is 2.06. The van der Waals surface area contributed by atoms with E-state index in [9.17, 15) is 9.59 Å². The Morgan fingerprint density at radius 1 is 1.00 bits per heavy atom. The molecule has 98 valence electrons. The molecule has 0 radical (unpaired) electrons. The molecule has 0 unspecified atom stereocenters. The zero-order chi connectivity index (χ0) is 13.7. The third-order valence-corrected chi connectivity index (χ3v) is 2.95. The Morgan fingerprint density at radius 3 is 2.53 bits per heavy atom. The van der Waals surface area contributed by atoms with Crippen molar-refractivity contribution in [2.75, 3.05) is 0 Å². The fourth-order valence-corrected chi connectivity index (χ4v) is 1.93. The number of hydrogen-bond donors (Lipinski definition) is 0. The van der Waals surface area contributed by atoms with E-state index in [0.29, 0.717) is 0 Å². The summed E-state index contributed by atoms with van der Waals surface area (Å²) in [4.78, 5) is 22.3. The van der Waals surface area contributed by atoms with Gasteiger partial charge in [-0.3, -0.25) is 4.79 Å². The molecule has 0 atom stereocenters. The molecule has 0 fully saturated rings. The van der Waals surface area contributed by atoms with Crippen molar-refractivity contribution in [2.24, 2.45) is 0 Å². The van der Waals surface area contributed by atoms with Crippen molar-refractivity contribution in [3.8, 4) is 0 Å². The first kappa shape index (κ1) is 13.3. The normalized spacial score (nSPS) is 10.4. The number of hydrogen-bond acceptors (Lipinski definition) is 3. The van der Waals surface area contributed by atoms with Crippen LogP contribution < -0.4 is 0 Å². The van der Waals surface area contributed by atoms with Crippen molar-refractivity contribution in [3.63, 3.8) is 0 Å². The molecule has 0 aliphatic heterocycles. The van der Waals surface area contributed by atoms with E-state index >= 15 is 0 Å². The van der Waals surface area contributed by atoms with E-state index in [0.717, 1.165) is 16.3 Å². The average molecular weight is 256 g/mol. The topological polar surface area (TPSA) is 43.4 Å². The van der Waals surface area contributed by atoms with Gasteiger partial charge in [0.05, 0.1) is 6.42 Å². The van der Waals surface area contributed by atoms with Crippen LogP contribution in [0.1, 0.15) is 25.3 Å². The highest BCUT2D eigenvalue weighted by Crippen LogP contribution is 2.19. The molecule has 2 rings (SSSR count). The Labute approximate surface area is 112 Å². The summed E-state index contributed by atoms with van der Waals surface area (Å²) in [5, 5.41) is 2.21. The fraction of sp³-hybridized carbons (Fsp3) is 0.250. The molecule has 0 saturated heterocycles. The van der Waals surface area contributed by atoms with Gasteiger partial charge in [0.1, 0.15) is 12.4 Å². The summed E-state index contributed by atoms with van der Waals surface area (Å²) in [7, 11) is 0. The first-order chi connectivity index (χ1) is 9.16. The van der Waals surface area contributed by atoms with Crippen LogP contribution in [0.3, 0.4) is 0 Å². The molecular formula is C16H16O3. The zero-order valence-electron chi connectivity index (χ0n) is 10.9. The van der Waals surface area contributed by atoms with Crippen LogP contribution in [0.2, 0.25) is 0 Å². The van der Waals surface area contributed by atoms with Gasteiger partial charge in [-0.2, -0.15) is 0 Å². The second-order valence-corrected chi connectivity index (χ2v) is 4.50. The van der Waals surface area contributed by atoms with Gasteiger partial charge in [-0.25, -0.2) is 0 Å². The average Bonchev–Trinajstić information content (AvgIpc) is 2.42. The number of Topliss-reactive ketones (excluding diaryl/α,β-unsaturated/α-hetero) is 1. The number of ether oxygens (including phenoxy) is 1. The first-order valence-electron chi connectivity index (χ1n) is 6.28. The molecule has 3 nitrogen and oxygen atoms in total. The molecule has 19 heavy (non-hydrogen) atoms. The lowest BCUT2D eigenvalue weighted by molar-refractivity contribution is -0.145. The van der Waals surface area contributed by atoms with E-state index in [4.69, 9.17) is 4.74 Å². The minimum absolute atomic E-state index is 0.00195. The molecule has 0 saturated carbocycles. The Balaban J connectivity index is 2.02. The number of carbonyl (C=O) groups is 2. The van der Waals surface area contributed by atoms with Gasteiger partial charge in [-0.1, -0.05) is 42.5 Å². The zero-order valence-corrected chi connectivity index (χ0v) is 10.9. The number of ketones is 1. The number of carbonyl (C=O) groups excluding carboxylic acids is 2. The van der Waals surface area contributed by atoms with Gasteiger partial charge in [0.15, 0.2) is 0 Å². The third kappa shape index (κ3) is 3.65. The monoisotopic (exact) mass is 256 g/mol. The summed E-state index contributed by atoms with van der Waals surface area (Å²) in [6, 6.07) is 13.9. The number of fused-ring (bicyclic) bond motifs is 1. The molecule has 0 aliphatic carbocycles. The summed E-state index contributed by atoms with van der Waals surface area (Å²) in [6.45, 7) is 1.72. The summed E-state index contributed by atoms with van der Waals surface area (Å²) in [5.74, 6) is -0.328. The highest BCUT2D eigenvalue weighted by molar-refractivity contribution is 5.86. The molecule has 0 N–H and O–H groups in total. The smallest absolute Gasteiger partial charge is 0.306 e. The van der Waals surface area contributed by atoms with E-state index in [-0.39, 0.29) is 31.2 Å². The quantitative estimate of drug-likeness (QED) is 0.771. The molecule has 0 aliphatic rings. The molecule has 0 amide bonds. The van der Waals surface area contributed by atoms with Gasteiger partial charge in [-0.15, -0.1) is 0 Å². The molecule has 2 aromatic carbocycles. The number of benzene rings is 2. The molecule has 2 aromatic rings. The van der Waals surface area contributed by atoms with Crippen LogP contribution in [0.4, 0.5) is 0 Å². The minimum atomic E-state index is -0.330. The molecule has 0 heterocycles. The maximum Gasteiger partial charge on any atom is 0.306 e. The molecular weight excluding hydrogens is 240 g/mol. The van der Waals surface area contributed by atoms with E-state index in [2.05, 4.69) is 0 Å². The predicted octanol–water partition coefficient (Wildman–Crippen LogP) is 3.25. The van der Waals surface area contributed by atoms with Crippen molar-refractivity contribution in [2.45, 2.75) is 26.4 Å². The van der Waals surface area contributed by atoms with Crippen LogP contribution >= 0.6 is 0 Å². The van der Waals surface area contributed by atoms with Gasteiger partial charge in [-0.05, 0) is 23.3 Å². The van der Waals surface area contributed by atoms with Gasteiger partial charge < -0.3 is 9.53 Å². The Kier molecular flexibility index (Phi) is 4.29. The van der Waals surface area contributed by atoms with E-state index < -0.39 is 0 Å². The van der Waals surface area contributed by atoms with Gasteiger partial charge in [0.25, 0.3) is 0 Å². The number of rotatable bonds is 5. The van der Waals surface area contributed by atoms with E-state index in [1.165, 1.54) is 6.92 Å². The maximum absolute atomic E-state index is 11.5. The maximum atomic E-state index is 11.5. The van der Waals surface area contributed by atoms with E-state index in [1.54, 1.807) is 0 Å². The molecule has 0 spiro atoms. The van der Waals surface area contributed by atoms with Gasteiger partial charge in [0, 0.05) is 6.42 Å². The number of esters is 1. The predicted molar refractivity (Wildman–Crippen MR) is 73.7 cm³/mol. The molecule has 0 aromatic heterocycles. The second-order valence-electron chi connectivity index (χ2n) is 4.50. The van der Waals surface area contributed by atoms with Crippen LogP contribution in [-0.4, -0.2) is 11.8 Å². The molecule has 3 heteroatoms. The summed E-state index contributed by atoms with van der Waals surface area (Å²) in [6.07, 6.45) is 0.397. The summed E-state index contributed by atoms with van der Waals surface area (Å²) in [5.41, 5.74) is 0.981. The van der Waals surface area contributed by atoms with Crippen molar-refractivity contribution in [3.05, 3.63) is 48.0 Å². The highest BCUT2D eigenvalue weighted by atomic mass is 16.5. The van der Waals surface area contributed by atoms with Crippen molar-refractivity contribution in [1.82, 2.24) is 0 Å². The third-order valence-electron chi connectivity index (χ3n) is 2.95. The summed E-state index contributed by atoms with van der Waals surface area (Å²) < 4.78 is 5.20. The lowest BCUT2D eigenvalue weighted by Crippen LogP contribution is -2.06. The molecule has 0 bridgehead atoms. The lowest BCUT2D eigenvalue weighted by Gasteiger charge is -2.07. The van der Waals surface area contributed by atoms with Crippen LogP contribution in [0.25, 0.3) is 10.8 Å². The lowest BCUT2D eigenvalue weighted by atomic mass is 10.1. The van der Waals surface area contributed by atoms with Crippen molar-refractivity contribution < 1.29 is 14.3 Å². The van der Waals surface area contributed by atoms with E-state index in [1.807, 2.05) is 42.5 Å². The second kappa shape index (κ2) is 6.14. The SMILES string of the molecule is CC(=O)CCC(=O)OCc1cccc2ccccc12. The minimum Gasteiger partial charge on any atom is -0.461 e. The van der Waals surface area contributed by atoms with Crippen LogP contribution in [-0.2, 0) is 20.9 Å². The summed E-state index contributed by atoms with van der Waals surface area (Å²) >= 11 is 0. The van der Waals surface area contributed by atoms with Gasteiger partial charge >= 0.3 is 5.97 Å². The van der Waals surface area contributed by atoms with Crippen LogP contribution in [0.15, 0.2) is 42.5 Å². The Bertz CT molecular complexity index is 596. The van der Waals surface area contributed by atoms with Crippen LogP contribution in [0.5, 0.6) is 0 Å².